The van der Waals surface area contributed by atoms with Crippen molar-refractivity contribution in [2.45, 2.75) is 48.8 Å². The number of hydrogen-bond acceptors (Lipinski definition) is 12. The summed E-state index contributed by atoms with van der Waals surface area (Å²) in [5.41, 5.74) is -1.27. The Kier molecular flexibility index (Phi) is 12.8. The zero-order chi connectivity index (χ0) is 19.2. The second-order valence-electron chi connectivity index (χ2n) is 5.17. The molecule has 0 spiro atoms. The molecule has 1 saturated heterocycles. The molecule has 0 saturated carbocycles. The van der Waals surface area contributed by atoms with Crippen molar-refractivity contribution in [2.24, 2.45) is 5.16 Å². The predicted molar refractivity (Wildman–Crippen MR) is 85.0 cm³/mol. The Labute approximate surface area is 197 Å². The first-order valence-electron chi connectivity index (χ1n) is 7.06. The molecule has 11 nitrogen and oxygen atoms in total. The average molecular weight is 442 g/mol. The van der Waals surface area contributed by atoms with Crippen molar-refractivity contribution in [1.82, 2.24) is 0 Å². The summed E-state index contributed by atoms with van der Waals surface area (Å²) in [6.45, 7) is 2.77. The van der Waals surface area contributed by atoms with E-state index < -0.39 is 53.0 Å². The summed E-state index contributed by atoms with van der Waals surface area (Å²) < 4.78 is 40.6. The molecule has 0 aromatic heterocycles. The fourth-order valence-corrected chi connectivity index (χ4v) is 3.33. The summed E-state index contributed by atoms with van der Waals surface area (Å²) in [5, 5.41) is 51.2. The average Bonchev–Trinajstić information content (AvgIpc) is 2.52. The normalized spacial score (nSPS) is 31.0. The zero-order valence-electron chi connectivity index (χ0n) is 13.9. The van der Waals surface area contributed by atoms with Gasteiger partial charge in [0.25, 0.3) is 10.4 Å². The number of oxime groups is 1. The number of rotatable bonds is 8. The minimum Gasteiger partial charge on any atom is -0.714 e. The first-order valence-corrected chi connectivity index (χ1v) is 9.27. The van der Waals surface area contributed by atoms with E-state index >= 15 is 0 Å². The predicted octanol–water partition coefficient (Wildman–Crippen LogP) is -5.36. The maximum atomic E-state index is 10.5. The third-order valence-corrected chi connectivity index (χ3v) is 4.57. The zero-order valence-corrected chi connectivity index (χ0v) is 18.7. The van der Waals surface area contributed by atoms with Gasteiger partial charge in [-0.2, -0.15) is 8.42 Å². The van der Waals surface area contributed by atoms with E-state index in [1.165, 1.54) is 6.08 Å². The van der Waals surface area contributed by atoms with E-state index in [-0.39, 0.29) is 69.3 Å². The van der Waals surface area contributed by atoms with Crippen LogP contribution in [0.15, 0.2) is 17.8 Å². The van der Waals surface area contributed by atoms with E-state index in [9.17, 15) is 33.4 Å². The van der Waals surface area contributed by atoms with Crippen molar-refractivity contribution in [2.75, 3.05) is 6.61 Å². The monoisotopic (exact) mass is 441 g/mol. The first kappa shape index (κ1) is 26.9. The van der Waals surface area contributed by atoms with Crippen molar-refractivity contribution >= 4 is 27.2 Å². The third-order valence-electron chi connectivity index (χ3n) is 3.18. The summed E-state index contributed by atoms with van der Waals surface area (Å²) in [6.07, 6.45) is -5.79. The SMILES string of the molecule is C=CCC(O)C/C(=N\OS(=O)(=O)[O-])SC1OC(CO)C(O)C(O)C1O.[K+]. The molecule has 0 aromatic carbocycles. The minimum absolute atomic E-state index is 0. The smallest absolute Gasteiger partial charge is 0.714 e. The van der Waals surface area contributed by atoms with Crippen LogP contribution in [0.4, 0.5) is 0 Å². The topological polar surface area (TPSA) is 189 Å². The maximum absolute atomic E-state index is 10.5. The first-order chi connectivity index (χ1) is 11.6. The van der Waals surface area contributed by atoms with Crippen molar-refractivity contribution in [3.63, 3.8) is 0 Å². The maximum Gasteiger partial charge on any atom is 1.00 e. The number of ether oxygens (including phenoxy) is 1. The van der Waals surface area contributed by atoms with Crippen molar-refractivity contribution in [1.29, 1.82) is 0 Å². The van der Waals surface area contributed by atoms with Crippen molar-refractivity contribution in [3.8, 4) is 0 Å². The van der Waals surface area contributed by atoms with E-state index in [0.717, 1.165) is 0 Å². The Balaban J connectivity index is 0.00000625. The van der Waals surface area contributed by atoms with Gasteiger partial charge >= 0.3 is 51.4 Å². The van der Waals surface area contributed by atoms with Gasteiger partial charge in [0.2, 0.25) is 0 Å². The fraction of sp³-hybridized carbons (Fsp3) is 0.750. The van der Waals surface area contributed by atoms with Gasteiger partial charge in [-0.25, -0.2) is 0 Å². The molecule has 0 radical (unpaired) electrons. The summed E-state index contributed by atoms with van der Waals surface area (Å²) in [7, 11) is -5.14. The van der Waals surface area contributed by atoms with Crippen LogP contribution in [0.25, 0.3) is 0 Å². The van der Waals surface area contributed by atoms with E-state index in [2.05, 4.69) is 16.0 Å². The van der Waals surface area contributed by atoms with Crippen LogP contribution in [0, 0.1) is 0 Å². The molecule has 6 unspecified atom stereocenters. The van der Waals surface area contributed by atoms with Crippen molar-refractivity contribution < 1.29 is 98.9 Å². The molecule has 146 valence electrons. The molecule has 1 heterocycles. The number of hydrogen-bond donors (Lipinski definition) is 5. The molecule has 5 N–H and O–H groups in total. The molecule has 1 rings (SSSR count). The van der Waals surface area contributed by atoms with Gasteiger partial charge in [-0.15, -0.1) is 6.58 Å². The van der Waals surface area contributed by atoms with Gasteiger partial charge in [-0.05, 0) is 6.42 Å². The Morgan fingerprint density at radius 3 is 2.46 bits per heavy atom. The van der Waals surface area contributed by atoms with Gasteiger partial charge in [0, 0.05) is 6.42 Å². The third kappa shape index (κ3) is 8.91. The molecular weight excluding hydrogens is 421 g/mol. The van der Waals surface area contributed by atoms with E-state index in [4.69, 9.17) is 9.84 Å². The van der Waals surface area contributed by atoms with E-state index in [1.807, 2.05) is 0 Å². The molecule has 0 amide bonds. The molecule has 1 fully saturated rings. The molecule has 14 heteroatoms. The Hall–Kier alpha value is 0.866. The van der Waals surface area contributed by atoms with Crippen LogP contribution in [0.2, 0.25) is 0 Å². The number of aliphatic hydroxyl groups excluding tert-OH is 5. The molecule has 1 aliphatic heterocycles. The molecular formula is C12H20KNO10S2. The minimum atomic E-state index is -5.14. The Morgan fingerprint density at radius 2 is 1.96 bits per heavy atom. The fourth-order valence-electron chi connectivity index (χ4n) is 1.97. The number of thioether (sulfide) groups is 1. The van der Waals surface area contributed by atoms with E-state index in [1.54, 1.807) is 0 Å². The van der Waals surface area contributed by atoms with Gasteiger partial charge < -0.3 is 34.8 Å². The van der Waals surface area contributed by atoms with Gasteiger partial charge in [-0.1, -0.05) is 23.0 Å². The van der Waals surface area contributed by atoms with Gasteiger partial charge in [0.1, 0.15) is 34.9 Å². The van der Waals surface area contributed by atoms with Gasteiger partial charge in [0.05, 0.1) is 12.7 Å². The largest absolute Gasteiger partial charge is 1.00 e. The molecule has 26 heavy (non-hydrogen) atoms. The summed E-state index contributed by atoms with van der Waals surface area (Å²) in [4.78, 5) is 0. The molecule has 0 aromatic rings. The van der Waals surface area contributed by atoms with Gasteiger partial charge in [0.15, 0.2) is 0 Å². The van der Waals surface area contributed by atoms with Gasteiger partial charge in [-0.3, -0.25) is 4.28 Å². The summed E-state index contributed by atoms with van der Waals surface area (Å²) in [6, 6.07) is 0. The number of nitrogens with zero attached hydrogens (tertiary/aromatic N) is 1. The van der Waals surface area contributed by atoms with Crippen LogP contribution in [-0.2, 0) is 19.4 Å². The Bertz CT molecular complexity index is 572. The van der Waals surface area contributed by atoms with Crippen LogP contribution in [0.1, 0.15) is 12.8 Å². The quantitative estimate of drug-likeness (QED) is 0.0460. The van der Waals surface area contributed by atoms with E-state index in [0.29, 0.717) is 11.8 Å². The van der Waals surface area contributed by atoms with Crippen LogP contribution >= 0.6 is 11.8 Å². The van der Waals surface area contributed by atoms with Crippen molar-refractivity contribution in [3.05, 3.63) is 12.7 Å². The summed E-state index contributed by atoms with van der Waals surface area (Å²) in [5.74, 6) is 0. The Morgan fingerprint density at radius 1 is 1.35 bits per heavy atom. The van der Waals surface area contributed by atoms with Crippen LogP contribution in [0.3, 0.4) is 0 Å². The second kappa shape index (κ2) is 12.4. The second-order valence-corrected chi connectivity index (χ2v) is 7.30. The molecule has 6 atom stereocenters. The molecule has 1 aliphatic rings. The molecule has 0 bridgehead atoms. The standard InChI is InChI=1S/C12H21NO10S2.K/c1-2-3-6(15)4-8(13-23-25(19,20)21)24-12-11(18)10(17)9(16)7(5-14)22-12;/h2,6-7,9-12,14-18H,1,3-5H2,(H,19,20,21);/q;+1/p-1/b13-8+;. The number of aliphatic hydroxyl groups is 5. The molecule has 0 aliphatic carbocycles. The van der Waals surface area contributed by atoms with Crippen LogP contribution in [-0.4, -0.2) is 86.1 Å². The van der Waals surface area contributed by atoms with Crippen LogP contribution < -0.4 is 51.4 Å². The van der Waals surface area contributed by atoms with Crippen LogP contribution in [0.5, 0.6) is 0 Å². The summed E-state index contributed by atoms with van der Waals surface area (Å²) >= 11 is 0.566.